The van der Waals surface area contributed by atoms with Crippen LogP contribution in [0.1, 0.15) is 6.92 Å². The first-order valence-corrected chi connectivity index (χ1v) is 5.65. The Bertz CT molecular complexity index is 319. The number of hydrogen-bond donors (Lipinski definition) is 0. The lowest BCUT2D eigenvalue weighted by molar-refractivity contribution is -2.00. The molecule has 17 heavy (non-hydrogen) atoms. The van der Waals surface area contributed by atoms with Gasteiger partial charge in [-0.2, -0.15) is 10.5 Å². The van der Waals surface area contributed by atoms with Crippen molar-refractivity contribution in [3.05, 3.63) is 12.2 Å². The second-order valence-electron chi connectivity index (χ2n) is 3.57. The molecule has 0 aliphatic heterocycles. The van der Waals surface area contributed by atoms with Crippen molar-refractivity contribution in [3.63, 3.8) is 0 Å². The van der Waals surface area contributed by atoms with Crippen molar-refractivity contribution in [3.8, 4) is 12.1 Å². The Labute approximate surface area is 102 Å². The summed E-state index contributed by atoms with van der Waals surface area (Å²) in [5.74, 6) is 0. The number of rotatable bonds is 3. The molecule has 8 heteroatoms. The van der Waals surface area contributed by atoms with Crippen LogP contribution < -0.4 is 18.6 Å². The molecular formula is C9H14ClN3O4. The zero-order valence-electron chi connectivity index (χ0n) is 9.79. The van der Waals surface area contributed by atoms with Crippen LogP contribution in [-0.2, 0) is 0 Å². The van der Waals surface area contributed by atoms with Gasteiger partial charge < -0.3 is 0 Å². The van der Waals surface area contributed by atoms with Gasteiger partial charge in [-0.1, -0.05) is 6.08 Å². The maximum absolute atomic E-state index is 8.79. The highest BCUT2D eigenvalue weighted by Gasteiger charge is 2.24. The van der Waals surface area contributed by atoms with Crippen LogP contribution >= 0.6 is 0 Å². The highest BCUT2D eigenvalue weighted by Crippen LogP contribution is 2.06. The van der Waals surface area contributed by atoms with E-state index in [1.165, 1.54) is 0 Å². The average Bonchev–Trinajstić information content (AvgIpc) is 2.10. The number of nitriles is 2. The number of likely N-dealkylation sites (N-methyl/N-ethyl adjacent to an activating group) is 1. The summed E-state index contributed by atoms with van der Waals surface area (Å²) in [6.45, 7) is 2.22. The van der Waals surface area contributed by atoms with Crippen molar-refractivity contribution < 1.29 is 33.4 Å². The van der Waals surface area contributed by atoms with Crippen molar-refractivity contribution in [2.75, 3.05) is 20.6 Å². The van der Waals surface area contributed by atoms with E-state index in [2.05, 4.69) is 12.1 Å². The Morgan fingerprint density at radius 2 is 1.65 bits per heavy atom. The molecule has 0 aliphatic carbocycles. The van der Waals surface area contributed by atoms with Crippen LogP contribution in [0.4, 0.5) is 0 Å². The molecule has 0 heterocycles. The normalized spacial score (nSPS) is 13.2. The fourth-order valence-corrected chi connectivity index (χ4v) is 0.895. The van der Waals surface area contributed by atoms with Crippen LogP contribution in [0.3, 0.4) is 0 Å². The zero-order chi connectivity index (χ0) is 14.1. The topological polar surface area (TPSA) is 140 Å². The van der Waals surface area contributed by atoms with E-state index in [-0.39, 0.29) is 6.04 Å². The van der Waals surface area contributed by atoms with Gasteiger partial charge in [0.1, 0.15) is 12.1 Å². The first-order valence-electron chi connectivity index (χ1n) is 4.42. The monoisotopic (exact) mass is 263 g/mol. The molecule has 0 aliphatic rings. The molecule has 0 amide bonds. The van der Waals surface area contributed by atoms with Crippen molar-refractivity contribution in [2.45, 2.75) is 13.0 Å². The Kier molecular flexibility index (Phi) is 8.54. The van der Waals surface area contributed by atoms with Crippen LogP contribution in [0.2, 0.25) is 0 Å². The molecule has 0 N–H and O–H groups in total. The number of allylic oxidation sites excluding steroid dienone is 1. The van der Waals surface area contributed by atoms with E-state index in [1.807, 2.05) is 33.2 Å². The van der Waals surface area contributed by atoms with Crippen molar-refractivity contribution in [2.24, 2.45) is 0 Å². The van der Waals surface area contributed by atoms with Crippen molar-refractivity contribution in [1.29, 1.82) is 10.5 Å². The Balaban J connectivity index is 0. The average molecular weight is 264 g/mol. The molecule has 0 saturated heterocycles. The highest BCUT2D eigenvalue weighted by molar-refractivity contribution is 5.01. The van der Waals surface area contributed by atoms with Crippen LogP contribution in [-0.4, -0.2) is 31.2 Å². The van der Waals surface area contributed by atoms with Crippen LogP contribution in [0.25, 0.3) is 0 Å². The lowest BCUT2D eigenvalue weighted by atomic mass is 10.2. The highest BCUT2D eigenvalue weighted by atomic mass is 35.7. The molecule has 0 fully saturated rings. The van der Waals surface area contributed by atoms with E-state index in [9.17, 15) is 0 Å². The van der Waals surface area contributed by atoms with Crippen LogP contribution in [0.5, 0.6) is 0 Å². The summed E-state index contributed by atoms with van der Waals surface area (Å²) in [4.78, 5) is 0. The minimum absolute atomic E-state index is 0.227. The molecule has 7 nitrogen and oxygen atoms in total. The quantitative estimate of drug-likeness (QED) is 0.291. The Morgan fingerprint density at radius 3 is 1.88 bits per heavy atom. The van der Waals surface area contributed by atoms with Gasteiger partial charge in [0.05, 0.1) is 14.1 Å². The third-order valence-electron chi connectivity index (χ3n) is 1.74. The fourth-order valence-electron chi connectivity index (χ4n) is 0.895. The molecule has 96 valence electrons. The van der Waals surface area contributed by atoms with Crippen LogP contribution in [0.15, 0.2) is 12.2 Å². The summed E-state index contributed by atoms with van der Waals surface area (Å²) in [7, 11) is -1.20. The molecule has 0 saturated carbocycles. The first kappa shape index (κ1) is 18.2. The van der Waals surface area contributed by atoms with Gasteiger partial charge in [-0.05, 0) is 13.0 Å². The minimum Gasteiger partial charge on any atom is -0.299 e. The van der Waals surface area contributed by atoms with E-state index < -0.39 is 10.2 Å². The fraction of sp³-hybridized carbons (Fsp3) is 0.556. The van der Waals surface area contributed by atoms with Crippen LogP contribution in [0, 0.1) is 32.9 Å². The summed E-state index contributed by atoms with van der Waals surface area (Å²) in [5.41, 5.74) is 0. The number of hydrogen-bond acceptors (Lipinski definition) is 6. The molecule has 0 spiro atoms. The molecule has 0 rings (SSSR count). The van der Waals surface area contributed by atoms with Gasteiger partial charge in [0.25, 0.3) is 0 Å². The molecule has 0 aromatic rings. The predicted molar refractivity (Wildman–Crippen MR) is 46.8 cm³/mol. The molecule has 0 bridgehead atoms. The van der Waals surface area contributed by atoms with E-state index in [4.69, 9.17) is 29.2 Å². The molecule has 0 radical (unpaired) electrons. The minimum atomic E-state index is -4.94. The number of quaternary nitrogens is 1. The Morgan fingerprint density at radius 1 is 1.24 bits per heavy atom. The SMILES string of the molecule is C/C=C/C(C#N)[N+](C)(C)CC#N.[O-][Cl+3]([O-])([O-])[O-]. The van der Waals surface area contributed by atoms with Crippen molar-refractivity contribution >= 4 is 0 Å². The van der Waals surface area contributed by atoms with Gasteiger partial charge in [0, 0.05) is 0 Å². The summed E-state index contributed by atoms with van der Waals surface area (Å²) in [5, 5.41) is 17.3. The first-order chi connectivity index (χ1) is 7.58. The number of halogens is 1. The predicted octanol–water partition coefficient (Wildman–Crippen LogP) is -3.70. The van der Waals surface area contributed by atoms with Gasteiger partial charge in [0.15, 0.2) is 12.6 Å². The van der Waals surface area contributed by atoms with E-state index in [0.29, 0.717) is 11.0 Å². The third-order valence-corrected chi connectivity index (χ3v) is 1.74. The molecular weight excluding hydrogens is 250 g/mol. The molecule has 0 aromatic carbocycles. The summed E-state index contributed by atoms with van der Waals surface area (Å²) in [6.07, 6.45) is 3.66. The molecule has 1 atom stereocenters. The molecule has 1 unspecified atom stereocenters. The van der Waals surface area contributed by atoms with E-state index in [1.54, 1.807) is 0 Å². The van der Waals surface area contributed by atoms with E-state index in [0.717, 1.165) is 0 Å². The lowest BCUT2D eigenvalue weighted by Crippen LogP contribution is -2.68. The second kappa shape index (κ2) is 7.98. The zero-order valence-corrected chi connectivity index (χ0v) is 10.5. The molecule has 0 aromatic heterocycles. The van der Waals surface area contributed by atoms with Gasteiger partial charge >= 0.3 is 0 Å². The standard InChI is InChI=1S/C9H14N3.ClHO4/c1-4-5-9(8-11)12(2,3)7-6-10;2-1(3,4)5/h4-5,9H,7H2,1-3H3;(H,2,3,4,5)/q+1;/p-1/b5-4+;. The van der Waals surface area contributed by atoms with Gasteiger partial charge in [-0.15, -0.1) is 10.2 Å². The number of nitrogens with zero attached hydrogens (tertiary/aromatic N) is 3. The van der Waals surface area contributed by atoms with Gasteiger partial charge in [-0.25, -0.2) is 18.6 Å². The largest absolute Gasteiger partial charge is 0.299 e. The lowest BCUT2D eigenvalue weighted by Gasteiger charge is -2.29. The maximum atomic E-state index is 8.79. The van der Waals surface area contributed by atoms with Gasteiger partial charge in [-0.3, -0.25) is 4.48 Å². The van der Waals surface area contributed by atoms with E-state index >= 15 is 0 Å². The van der Waals surface area contributed by atoms with Gasteiger partial charge in [0.2, 0.25) is 0 Å². The smallest absolute Gasteiger partial charge is 0.195 e. The summed E-state index contributed by atoms with van der Waals surface area (Å²) in [6, 6.07) is 4.00. The van der Waals surface area contributed by atoms with Crippen molar-refractivity contribution in [1.82, 2.24) is 0 Å². The Hall–Kier alpha value is -1.19. The summed E-state index contributed by atoms with van der Waals surface area (Å²) < 4.78 is 34.4. The maximum Gasteiger partial charge on any atom is 0.195 e. The summed E-state index contributed by atoms with van der Waals surface area (Å²) >= 11 is 0. The second-order valence-corrected chi connectivity index (χ2v) is 4.33. The third kappa shape index (κ3) is 12.7.